The third-order valence-corrected chi connectivity index (χ3v) is 14.7. The molecule has 0 saturated carbocycles. The van der Waals surface area contributed by atoms with E-state index in [0.29, 0.717) is 11.5 Å². The number of aromatic nitrogens is 5. The van der Waals surface area contributed by atoms with Crippen molar-refractivity contribution in [1.29, 1.82) is 0 Å². The molecule has 0 aliphatic rings. The van der Waals surface area contributed by atoms with Crippen molar-refractivity contribution < 1.29 is 21.8 Å². The predicted octanol–water partition coefficient (Wildman–Crippen LogP) is 8.02. The Hall–Kier alpha value is -6.06. The number of hydrogen-bond acceptors (Lipinski definition) is 5. The molecule has 0 N–H and O–H groups in total. The van der Waals surface area contributed by atoms with Crippen molar-refractivity contribution in [1.82, 2.24) is 25.6 Å². The molecule has 6 nitrogen and oxygen atoms in total. The molecule has 0 radical (unpaired) electrons. The summed E-state index contributed by atoms with van der Waals surface area (Å²) in [5.74, 6) is 2.30. The number of rotatable bonds is 10. The zero-order valence-electron chi connectivity index (χ0n) is 30.7. The second-order valence-electron chi connectivity index (χ2n) is 12.8. The van der Waals surface area contributed by atoms with Crippen LogP contribution in [-0.4, -0.2) is 20.5 Å². The van der Waals surface area contributed by atoms with Gasteiger partial charge in [0, 0.05) is 6.20 Å². The number of tetrazole rings is 1. The summed E-state index contributed by atoms with van der Waals surface area (Å²) >= 11 is 0. The van der Waals surface area contributed by atoms with Gasteiger partial charge in [0.1, 0.15) is 47.7 Å². The van der Waals surface area contributed by atoms with E-state index in [1.165, 1.54) is 31.8 Å². The second-order valence-corrected chi connectivity index (χ2v) is 17.7. The molecular weight excluding hydrogens is 788 g/mol. The fourth-order valence-corrected chi connectivity index (χ4v) is 11.9. The SMILES string of the molecule is [Cu+].c1ccc(-c2ccnc(-c3nnn[n-]3)c2)cc1.c1ccc([PH+](c2ccccc2)c2ccccc2Oc2ccccc2[PH+](c2ccccc2)c2ccccc2)cc1. The summed E-state index contributed by atoms with van der Waals surface area (Å²) in [5.41, 5.74) is 2.88. The van der Waals surface area contributed by atoms with Crippen molar-refractivity contribution in [3.05, 3.63) is 219 Å². The van der Waals surface area contributed by atoms with Gasteiger partial charge >= 0.3 is 17.1 Å². The maximum atomic E-state index is 6.94. The summed E-state index contributed by atoms with van der Waals surface area (Å²) < 4.78 is 6.94. The summed E-state index contributed by atoms with van der Waals surface area (Å²) in [4.78, 5) is 4.20. The molecule has 9 aromatic rings. The van der Waals surface area contributed by atoms with E-state index in [-0.39, 0.29) is 17.1 Å². The minimum absolute atomic E-state index is 0. The van der Waals surface area contributed by atoms with E-state index in [0.717, 1.165) is 22.6 Å². The Morgan fingerprint density at radius 1 is 0.421 bits per heavy atom. The van der Waals surface area contributed by atoms with Gasteiger partial charge in [0.15, 0.2) is 11.5 Å². The summed E-state index contributed by atoms with van der Waals surface area (Å²) in [6.45, 7) is 0. The van der Waals surface area contributed by atoms with Gasteiger partial charge in [0.05, 0.1) is 11.5 Å². The number of hydrogen-bond donors (Lipinski definition) is 0. The molecule has 7 aromatic carbocycles. The molecule has 0 bridgehead atoms. The van der Waals surface area contributed by atoms with Crippen molar-refractivity contribution in [2.75, 3.05) is 0 Å². The van der Waals surface area contributed by atoms with Crippen molar-refractivity contribution in [2.24, 2.45) is 0 Å². The van der Waals surface area contributed by atoms with Crippen LogP contribution in [0.1, 0.15) is 0 Å². The van der Waals surface area contributed by atoms with Crippen molar-refractivity contribution >= 4 is 47.7 Å². The monoisotopic (exact) mass is 825 g/mol. The predicted molar refractivity (Wildman–Crippen MR) is 235 cm³/mol. The van der Waals surface area contributed by atoms with E-state index < -0.39 is 15.8 Å². The summed E-state index contributed by atoms with van der Waals surface area (Å²) in [5, 5.41) is 22.4. The molecule has 0 unspecified atom stereocenters. The Morgan fingerprint density at radius 2 is 0.825 bits per heavy atom. The van der Waals surface area contributed by atoms with Crippen LogP contribution in [0.4, 0.5) is 0 Å². The maximum Gasteiger partial charge on any atom is 1.00 e. The van der Waals surface area contributed by atoms with Gasteiger partial charge in [0.2, 0.25) is 0 Å². The fourth-order valence-electron chi connectivity index (χ4n) is 6.63. The minimum Gasteiger partial charge on any atom is -0.449 e. The van der Waals surface area contributed by atoms with Crippen LogP contribution in [0.25, 0.3) is 22.6 Å². The van der Waals surface area contributed by atoms with E-state index in [2.05, 4.69) is 195 Å². The smallest absolute Gasteiger partial charge is 0.449 e. The molecule has 57 heavy (non-hydrogen) atoms. The Balaban J connectivity index is 0.000000230. The van der Waals surface area contributed by atoms with Crippen LogP contribution in [0.5, 0.6) is 11.5 Å². The molecule has 0 spiro atoms. The Labute approximate surface area is 346 Å². The second kappa shape index (κ2) is 19.7. The molecule has 2 aromatic heterocycles. The molecule has 280 valence electrons. The van der Waals surface area contributed by atoms with Crippen LogP contribution in [-0.2, 0) is 17.1 Å². The van der Waals surface area contributed by atoms with Gasteiger partial charge in [0.25, 0.3) is 0 Å². The van der Waals surface area contributed by atoms with Crippen LogP contribution in [0, 0.1) is 0 Å². The first-order chi connectivity index (χ1) is 27.8. The molecule has 0 atom stereocenters. The third-order valence-electron chi connectivity index (χ3n) is 9.20. The number of para-hydroxylation sites is 2. The fraction of sp³-hybridized carbons (Fsp3) is 0. The zero-order chi connectivity index (χ0) is 37.8. The standard InChI is InChI=1S/C36H28OP2.C12H8N5.Cu/c1-5-17-29(18-6-1)38(30-19-7-2-8-20-30)35-27-15-13-25-33(35)37-34-26-14-16-28-36(34)39(31-21-9-3-10-22-31)32-23-11-4-12-24-32;1-2-4-9(5-3-1)10-6-7-13-11(8-10)12-14-16-17-15-12;/h1-28H;1-8H;/q;-1;+1/p+2. The zero-order valence-corrected chi connectivity index (χ0v) is 33.7. The van der Waals surface area contributed by atoms with Gasteiger partial charge < -0.3 is 9.84 Å². The van der Waals surface area contributed by atoms with Gasteiger partial charge in [-0.1, -0.05) is 127 Å². The van der Waals surface area contributed by atoms with Crippen LogP contribution in [0.2, 0.25) is 0 Å². The molecule has 2 heterocycles. The summed E-state index contributed by atoms with van der Waals surface area (Å²) in [6, 6.07) is 74.5. The normalized spacial score (nSPS) is 10.6. The van der Waals surface area contributed by atoms with Gasteiger partial charge in [-0.2, -0.15) is 5.21 Å². The van der Waals surface area contributed by atoms with Crippen LogP contribution in [0.3, 0.4) is 0 Å². The van der Waals surface area contributed by atoms with Crippen molar-refractivity contribution in [2.45, 2.75) is 0 Å². The first-order valence-corrected chi connectivity index (χ1v) is 21.3. The van der Waals surface area contributed by atoms with Gasteiger partial charge in [-0.25, -0.2) is 0 Å². The van der Waals surface area contributed by atoms with Gasteiger partial charge in [-0.3, -0.25) is 15.3 Å². The third kappa shape index (κ3) is 9.67. The molecule has 0 aliphatic heterocycles. The molecule has 0 aliphatic carbocycles. The van der Waals surface area contributed by atoms with E-state index in [4.69, 9.17) is 4.74 Å². The molecular formula is C48H38CuN5OP2+2. The first-order valence-electron chi connectivity index (χ1n) is 18.3. The van der Waals surface area contributed by atoms with E-state index in [1.54, 1.807) is 6.20 Å². The number of pyridine rings is 1. The Morgan fingerprint density at radius 3 is 1.25 bits per heavy atom. The van der Waals surface area contributed by atoms with E-state index in [9.17, 15) is 0 Å². The number of nitrogens with zero attached hydrogens (tertiary/aromatic N) is 5. The molecule has 0 fully saturated rings. The first kappa shape index (κ1) is 39.2. The number of ether oxygens (including phenoxy) is 1. The van der Waals surface area contributed by atoms with Gasteiger partial charge in [-0.05, 0) is 96.1 Å². The summed E-state index contributed by atoms with van der Waals surface area (Å²) in [6.07, 6.45) is 1.73. The summed E-state index contributed by atoms with van der Waals surface area (Å²) in [7, 11) is -2.56. The Kier molecular flexibility index (Phi) is 13.5. The molecule has 0 amide bonds. The van der Waals surface area contributed by atoms with Crippen LogP contribution >= 0.6 is 15.8 Å². The minimum atomic E-state index is -1.28. The average molecular weight is 826 g/mol. The van der Waals surface area contributed by atoms with Crippen molar-refractivity contribution in [3.8, 4) is 34.1 Å². The number of benzene rings is 7. The average Bonchev–Trinajstić information content (AvgIpc) is 3.83. The quantitative estimate of drug-likeness (QED) is 0.103. The maximum absolute atomic E-state index is 6.94. The Bertz CT molecular complexity index is 2370. The molecule has 9 rings (SSSR count). The van der Waals surface area contributed by atoms with E-state index in [1.807, 2.05) is 42.5 Å². The van der Waals surface area contributed by atoms with Gasteiger partial charge in [-0.15, -0.1) is 0 Å². The van der Waals surface area contributed by atoms with E-state index >= 15 is 0 Å². The van der Waals surface area contributed by atoms with Crippen LogP contribution in [0.15, 0.2) is 219 Å². The molecule has 9 heteroatoms. The largest absolute Gasteiger partial charge is 1.00 e. The van der Waals surface area contributed by atoms with Crippen LogP contribution < -0.4 is 41.7 Å². The van der Waals surface area contributed by atoms with Crippen molar-refractivity contribution in [3.63, 3.8) is 0 Å². The topological polar surface area (TPSA) is 74.9 Å². The molecule has 0 saturated heterocycles.